The fourth-order valence-electron chi connectivity index (χ4n) is 2.98. The number of nitrogens with one attached hydrogen (secondary N) is 1. The average Bonchev–Trinajstić information content (AvgIpc) is 2.94. The zero-order valence-corrected chi connectivity index (χ0v) is 12.7. The van der Waals surface area contributed by atoms with Gasteiger partial charge in [-0.25, -0.2) is 8.78 Å². The number of fused-ring (bicyclic) bond motifs is 1. The maximum absolute atomic E-state index is 13.2. The molecule has 1 aliphatic rings. The second-order valence-electron chi connectivity index (χ2n) is 5.82. The van der Waals surface area contributed by atoms with Gasteiger partial charge in [-0.3, -0.25) is 4.79 Å². The molecular formula is C18H17F2NO2. The number of ether oxygens (including phenoxy) is 1. The Morgan fingerprint density at radius 3 is 2.35 bits per heavy atom. The van der Waals surface area contributed by atoms with Gasteiger partial charge >= 0.3 is 0 Å². The molecule has 1 aliphatic carbocycles. The summed E-state index contributed by atoms with van der Waals surface area (Å²) < 4.78 is 31.8. The van der Waals surface area contributed by atoms with Gasteiger partial charge in [0.25, 0.3) is 5.91 Å². The maximum Gasteiger partial charge on any atom is 0.251 e. The first-order valence-corrected chi connectivity index (χ1v) is 7.38. The number of carbonyl (C=O) groups excluding carboxylic acids is 1. The van der Waals surface area contributed by atoms with E-state index in [9.17, 15) is 13.6 Å². The van der Waals surface area contributed by atoms with E-state index in [0.29, 0.717) is 19.4 Å². The molecule has 2 aromatic rings. The fourth-order valence-corrected chi connectivity index (χ4v) is 2.98. The first-order chi connectivity index (χ1) is 11.0. The summed E-state index contributed by atoms with van der Waals surface area (Å²) in [5.74, 6) is -2.45. The van der Waals surface area contributed by atoms with E-state index in [4.69, 9.17) is 4.74 Å². The lowest BCUT2D eigenvalue weighted by Crippen LogP contribution is -2.45. The van der Waals surface area contributed by atoms with Gasteiger partial charge in [-0.2, -0.15) is 0 Å². The van der Waals surface area contributed by atoms with E-state index >= 15 is 0 Å². The molecule has 0 saturated heterocycles. The van der Waals surface area contributed by atoms with Gasteiger partial charge < -0.3 is 10.1 Å². The first-order valence-electron chi connectivity index (χ1n) is 7.38. The molecule has 120 valence electrons. The van der Waals surface area contributed by atoms with Gasteiger partial charge in [-0.05, 0) is 29.3 Å². The molecule has 0 aromatic heterocycles. The number of rotatable bonds is 4. The van der Waals surface area contributed by atoms with Gasteiger partial charge in [-0.1, -0.05) is 24.3 Å². The first kappa shape index (κ1) is 15.6. The van der Waals surface area contributed by atoms with Crippen molar-refractivity contribution in [2.24, 2.45) is 0 Å². The molecule has 3 nitrogen and oxygen atoms in total. The van der Waals surface area contributed by atoms with Gasteiger partial charge in [0.2, 0.25) is 0 Å². The molecule has 1 amide bonds. The van der Waals surface area contributed by atoms with E-state index in [0.717, 1.165) is 12.1 Å². The van der Waals surface area contributed by atoms with Gasteiger partial charge in [0.15, 0.2) is 11.6 Å². The van der Waals surface area contributed by atoms with E-state index in [1.807, 2.05) is 24.3 Å². The highest BCUT2D eigenvalue weighted by molar-refractivity contribution is 5.94. The molecule has 2 aromatic carbocycles. The third-order valence-corrected chi connectivity index (χ3v) is 4.33. The SMILES string of the molecule is COC1(CNC(=O)c2ccc(F)c(F)c2)Cc2ccccc2C1. The fraction of sp³-hybridized carbons (Fsp3) is 0.278. The standard InChI is InChI=1S/C18H17F2NO2/c1-23-18(9-13-4-2-3-5-14(13)10-18)11-21-17(22)12-6-7-15(19)16(20)8-12/h2-8H,9-11H2,1H3,(H,21,22). The minimum absolute atomic E-state index is 0.0886. The Labute approximate surface area is 133 Å². The number of carbonyl (C=O) groups is 1. The number of halogens is 2. The van der Waals surface area contributed by atoms with Crippen LogP contribution in [0.5, 0.6) is 0 Å². The Morgan fingerprint density at radius 2 is 1.78 bits per heavy atom. The predicted molar refractivity (Wildman–Crippen MR) is 82.3 cm³/mol. The number of hydrogen-bond acceptors (Lipinski definition) is 2. The summed E-state index contributed by atoms with van der Waals surface area (Å²) in [5, 5.41) is 2.76. The number of amides is 1. The lowest BCUT2D eigenvalue weighted by Gasteiger charge is -2.27. The summed E-state index contributed by atoms with van der Waals surface area (Å²) in [7, 11) is 1.62. The van der Waals surface area contributed by atoms with Gasteiger partial charge in [0.1, 0.15) is 0 Å². The summed E-state index contributed by atoms with van der Waals surface area (Å²) in [4.78, 5) is 12.1. The highest BCUT2D eigenvalue weighted by Crippen LogP contribution is 2.32. The zero-order valence-electron chi connectivity index (χ0n) is 12.7. The predicted octanol–water partition coefficient (Wildman–Crippen LogP) is 2.88. The quantitative estimate of drug-likeness (QED) is 0.942. The van der Waals surface area contributed by atoms with Gasteiger partial charge in [0.05, 0.1) is 5.60 Å². The van der Waals surface area contributed by atoms with E-state index in [2.05, 4.69) is 5.32 Å². The van der Waals surface area contributed by atoms with E-state index in [1.165, 1.54) is 17.2 Å². The molecule has 0 fully saturated rings. The Kier molecular flexibility index (Phi) is 4.13. The number of benzene rings is 2. The highest BCUT2D eigenvalue weighted by Gasteiger charge is 2.37. The van der Waals surface area contributed by atoms with E-state index < -0.39 is 23.1 Å². The van der Waals surface area contributed by atoms with Crippen molar-refractivity contribution in [3.63, 3.8) is 0 Å². The van der Waals surface area contributed by atoms with Crippen molar-refractivity contribution in [2.45, 2.75) is 18.4 Å². The lowest BCUT2D eigenvalue weighted by atomic mass is 10.00. The molecule has 0 aliphatic heterocycles. The Morgan fingerprint density at radius 1 is 1.13 bits per heavy atom. The van der Waals surface area contributed by atoms with E-state index in [1.54, 1.807) is 7.11 Å². The van der Waals surface area contributed by atoms with Crippen LogP contribution in [0.4, 0.5) is 8.78 Å². The molecule has 0 atom stereocenters. The van der Waals surface area contributed by atoms with Crippen molar-refractivity contribution in [1.82, 2.24) is 5.32 Å². The van der Waals surface area contributed by atoms with Crippen LogP contribution in [0.3, 0.4) is 0 Å². The molecule has 0 bridgehead atoms. The van der Waals surface area contributed by atoms with Crippen molar-refractivity contribution in [3.8, 4) is 0 Å². The lowest BCUT2D eigenvalue weighted by molar-refractivity contribution is 0.000174. The third kappa shape index (κ3) is 3.10. The largest absolute Gasteiger partial charge is 0.376 e. The molecule has 0 radical (unpaired) electrons. The second kappa shape index (κ2) is 6.08. The Balaban J connectivity index is 1.69. The summed E-state index contributed by atoms with van der Waals surface area (Å²) in [6.45, 7) is 0.302. The second-order valence-corrected chi connectivity index (χ2v) is 5.82. The van der Waals surface area contributed by atoms with Crippen LogP contribution in [0.2, 0.25) is 0 Å². The molecule has 0 spiro atoms. The molecule has 1 N–H and O–H groups in total. The van der Waals surface area contributed by atoms with Crippen LogP contribution in [0.1, 0.15) is 21.5 Å². The smallest absolute Gasteiger partial charge is 0.251 e. The third-order valence-electron chi connectivity index (χ3n) is 4.33. The normalized spacial score (nSPS) is 15.3. The van der Waals surface area contributed by atoms with Crippen LogP contribution < -0.4 is 5.32 Å². The van der Waals surface area contributed by atoms with Crippen molar-refractivity contribution in [3.05, 3.63) is 70.8 Å². The van der Waals surface area contributed by atoms with Crippen molar-refractivity contribution < 1.29 is 18.3 Å². The molecule has 0 unspecified atom stereocenters. The van der Waals surface area contributed by atoms with Crippen LogP contribution in [-0.4, -0.2) is 25.2 Å². The Bertz CT molecular complexity index is 721. The van der Waals surface area contributed by atoms with Crippen molar-refractivity contribution in [2.75, 3.05) is 13.7 Å². The molecule has 5 heteroatoms. The molecule has 3 rings (SSSR count). The molecule has 23 heavy (non-hydrogen) atoms. The topological polar surface area (TPSA) is 38.3 Å². The molecule has 0 saturated carbocycles. The Hall–Kier alpha value is -2.27. The number of hydrogen-bond donors (Lipinski definition) is 1. The van der Waals surface area contributed by atoms with Crippen LogP contribution in [0, 0.1) is 11.6 Å². The summed E-state index contributed by atoms with van der Waals surface area (Å²) in [6, 6.07) is 11.2. The number of methoxy groups -OCH3 is 1. The van der Waals surface area contributed by atoms with Crippen molar-refractivity contribution >= 4 is 5.91 Å². The minimum atomic E-state index is -1.03. The summed E-state index contributed by atoms with van der Waals surface area (Å²) in [6.07, 6.45) is 1.41. The van der Waals surface area contributed by atoms with Crippen LogP contribution in [0.25, 0.3) is 0 Å². The molecule has 0 heterocycles. The minimum Gasteiger partial charge on any atom is -0.376 e. The van der Waals surface area contributed by atoms with Gasteiger partial charge in [0, 0.05) is 32.1 Å². The van der Waals surface area contributed by atoms with Gasteiger partial charge in [-0.15, -0.1) is 0 Å². The van der Waals surface area contributed by atoms with Crippen LogP contribution >= 0.6 is 0 Å². The van der Waals surface area contributed by atoms with Crippen molar-refractivity contribution in [1.29, 1.82) is 0 Å². The summed E-state index contributed by atoms with van der Waals surface area (Å²) >= 11 is 0. The average molecular weight is 317 g/mol. The molecular weight excluding hydrogens is 300 g/mol. The monoisotopic (exact) mass is 317 g/mol. The van der Waals surface area contributed by atoms with Crippen LogP contribution in [0.15, 0.2) is 42.5 Å². The maximum atomic E-state index is 13.2. The van der Waals surface area contributed by atoms with Crippen LogP contribution in [-0.2, 0) is 17.6 Å². The zero-order chi connectivity index (χ0) is 16.4. The summed E-state index contributed by atoms with van der Waals surface area (Å²) in [5.41, 5.74) is 2.00. The highest BCUT2D eigenvalue weighted by atomic mass is 19.2. The van der Waals surface area contributed by atoms with E-state index in [-0.39, 0.29) is 5.56 Å².